The first kappa shape index (κ1) is 33.3. The molecule has 0 aromatic carbocycles. The van der Waals surface area contributed by atoms with E-state index in [2.05, 4.69) is 6.92 Å². The Labute approximate surface area is 222 Å². The second-order valence-electron chi connectivity index (χ2n) is 9.95. The van der Waals surface area contributed by atoms with Crippen molar-refractivity contribution in [3.8, 4) is 0 Å². The molecule has 1 rings (SSSR count). The summed E-state index contributed by atoms with van der Waals surface area (Å²) >= 11 is 0. The van der Waals surface area contributed by atoms with Gasteiger partial charge in [0, 0.05) is 27.4 Å². The van der Waals surface area contributed by atoms with Gasteiger partial charge >= 0.3 is 17.9 Å². The van der Waals surface area contributed by atoms with Crippen molar-refractivity contribution in [2.45, 2.75) is 148 Å². The van der Waals surface area contributed by atoms with Crippen molar-refractivity contribution in [1.82, 2.24) is 0 Å². The number of esters is 3. The highest BCUT2D eigenvalue weighted by molar-refractivity contribution is 5.67. The lowest BCUT2D eigenvalue weighted by atomic mass is 9.98. The molecule has 5 atom stereocenters. The summed E-state index contributed by atoms with van der Waals surface area (Å²) in [6.07, 6.45) is 11.7. The van der Waals surface area contributed by atoms with Crippen molar-refractivity contribution in [3.05, 3.63) is 0 Å². The third-order valence-electron chi connectivity index (χ3n) is 6.45. The van der Waals surface area contributed by atoms with Gasteiger partial charge in [0.1, 0.15) is 18.8 Å². The molecule has 9 heteroatoms. The predicted octanol–water partition coefficient (Wildman–Crippen LogP) is 5.00. The van der Waals surface area contributed by atoms with Gasteiger partial charge < -0.3 is 28.8 Å². The van der Waals surface area contributed by atoms with E-state index < -0.39 is 48.6 Å². The van der Waals surface area contributed by atoms with Crippen LogP contribution in [0.2, 0.25) is 0 Å². The second-order valence-corrected chi connectivity index (χ2v) is 9.95. The number of ether oxygens (including phenoxy) is 5. The molecular formula is C28H50O9. The molecule has 9 nitrogen and oxygen atoms in total. The Morgan fingerprint density at radius 1 is 0.676 bits per heavy atom. The topological polar surface area (TPSA) is 118 Å². The zero-order chi connectivity index (χ0) is 27.5. The molecule has 0 aromatic rings. The van der Waals surface area contributed by atoms with Crippen molar-refractivity contribution in [3.63, 3.8) is 0 Å². The first-order valence-electron chi connectivity index (χ1n) is 14.2. The first-order chi connectivity index (χ1) is 17.8. The van der Waals surface area contributed by atoms with E-state index in [1.807, 2.05) is 0 Å². The summed E-state index contributed by atoms with van der Waals surface area (Å²) < 4.78 is 27.1. The highest BCUT2D eigenvalue weighted by atomic mass is 16.7. The van der Waals surface area contributed by atoms with Crippen LogP contribution in [0.1, 0.15) is 118 Å². The van der Waals surface area contributed by atoms with Gasteiger partial charge in [-0.2, -0.15) is 0 Å². The molecule has 1 heterocycles. The molecule has 1 N–H and O–H groups in total. The zero-order valence-corrected chi connectivity index (χ0v) is 23.4. The SMILES string of the molecule is CCCCCCCCCCCCCCCCO[C@H]1O[C@H](COC(C)=O)[C@H](OC(C)=O)[C@H](OC(C)=O)[C@H]1O. The molecule has 0 unspecified atom stereocenters. The van der Waals surface area contributed by atoms with E-state index in [1.165, 1.54) is 91.4 Å². The predicted molar refractivity (Wildman–Crippen MR) is 139 cm³/mol. The number of unbranched alkanes of at least 4 members (excludes halogenated alkanes) is 13. The van der Waals surface area contributed by atoms with Crippen molar-refractivity contribution in [1.29, 1.82) is 0 Å². The van der Waals surface area contributed by atoms with Gasteiger partial charge in [-0.3, -0.25) is 14.4 Å². The molecule has 37 heavy (non-hydrogen) atoms. The van der Waals surface area contributed by atoms with Gasteiger partial charge in [0.2, 0.25) is 0 Å². The number of rotatable bonds is 20. The van der Waals surface area contributed by atoms with Gasteiger partial charge in [0.25, 0.3) is 0 Å². The number of aliphatic hydroxyl groups excluding tert-OH is 1. The summed E-state index contributed by atoms with van der Waals surface area (Å²) in [5, 5.41) is 10.7. The minimum atomic E-state index is -1.37. The minimum Gasteiger partial charge on any atom is -0.463 e. The highest BCUT2D eigenvalue weighted by Gasteiger charge is 2.50. The van der Waals surface area contributed by atoms with Crippen LogP contribution in [-0.4, -0.2) is 66.9 Å². The fourth-order valence-electron chi connectivity index (χ4n) is 4.52. The molecule has 0 aliphatic carbocycles. The van der Waals surface area contributed by atoms with E-state index in [0.717, 1.165) is 19.3 Å². The largest absolute Gasteiger partial charge is 0.463 e. The Bertz CT molecular complexity index is 639. The van der Waals surface area contributed by atoms with Crippen LogP contribution in [0, 0.1) is 0 Å². The summed E-state index contributed by atoms with van der Waals surface area (Å²) in [7, 11) is 0. The Morgan fingerprint density at radius 2 is 1.14 bits per heavy atom. The Morgan fingerprint density at radius 3 is 1.59 bits per heavy atom. The van der Waals surface area contributed by atoms with Crippen LogP contribution < -0.4 is 0 Å². The fourth-order valence-corrected chi connectivity index (χ4v) is 4.52. The molecule has 1 saturated heterocycles. The van der Waals surface area contributed by atoms with Crippen LogP contribution in [-0.2, 0) is 38.1 Å². The Kier molecular flexibility index (Phi) is 18.3. The van der Waals surface area contributed by atoms with E-state index in [1.54, 1.807) is 0 Å². The zero-order valence-electron chi connectivity index (χ0n) is 23.4. The van der Waals surface area contributed by atoms with Crippen molar-refractivity contribution < 1.29 is 43.2 Å². The lowest BCUT2D eigenvalue weighted by Gasteiger charge is -2.42. The maximum absolute atomic E-state index is 11.6. The third kappa shape index (κ3) is 15.3. The van der Waals surface area contributed by atoms with Crippen LogP contribution in [0.4, 0.5) is 0 Å². The number of carbonyl (C=O) groups excluding carboxylic acids is 3. The van der Waals surface area contributed by atoms with Crippen LogP contribution in [0.15, 0.2) is 0 Å². The molecule has 216 valence electrons. The van der Waals surface area contributed by atoms with Crippen LogP contribution in [0.5, 0.6) is 0 Å². The Hall–Kier alpha value is -1.71. The van der Waals surface area contributed by atoms with E-state index >= 15 is 0 Å². The number of hydrogen-bond donors (Lipinski definition) is 1. The van der Waals surface area contributed by atoms with E-state index in [9.17, 15) is 19.5 Å². The second kappa shape index (κ2) is 20.3. The van der Waals surface area contributed by atoms with Gasteiger partial charge in [0.05, 0.1) is 0 Å². The average Bonchev–Trinajstić information content (AvgIpc) is 2.83. The summed E-state index contributed by atoms with van der Waals surface area (Å²) in [6.45, 7) is 5.99. The van der Waals surface area contributed by atoms with E-state index in [0.29, 0.717) is 6.61 Å². The van der Waals surface area contributed by atoms with Crippen molar-refractivity contribution in [2.24, 2.45) is 0 Å². The highest BCUT2D eigenvalue weighted by Crippen LogP contribution is 2.28. The quantitative estimate of drug-likeness (QED) is 0.132. The van der Waals surface area contributed by atoms with Gasteiger partial charge in [-0.1, -0.05) is 90.4 Å². The molecule has 0 aromatic heterocycles. The molecule has 0 bridgehead atoms. The number of aliphatic hydroxyl groups is 1. The monoisotopic (exact) mass is 530 g/mol. The summed E-state index contributed by atoms with van der Waals surface area (Å²) in [6, 6.07) is 0. The van der Waals surface area contributed by atoms with Crippen LogP contribution >= 0.6 is 0 Å². The molecule has 0 amide bonds. The molecule has 0 saturated carbocycles. The van der Waals surface area contributed by atoms with Crippen LogP contribution in [0.3, 0.4) is 0 Å². The molecule has 1 fully saturated rings. The normalized spacial score (nSPS) is 23.4. The number of carbonyl (C=O) groups is 3. The van der Waals surface area contributed by atoms with Gasteiger partial charge in [-0.05, 0) is 6.42 Å². The maximum atomic E-state index is 11.6. The maximum Gasteiger partial charge on any atom is 0.303 e. The molecular weight excluding hydrogens is 480 g/mol. The lowest BCUT2D eigenvalue weighted by molar-refractivity contribution is -0.305. The first-order valence-corrected chi connectivity index (χ1v) is 14.2. The number of hydrogen-bond acceptors (Lipinski definition) is 9. The summed E-state index contributed by atoms with van der Waals surface area (Å²) in [5.41, 5.74) is 0. The van der Waals surface area contributed by atoms with Gasteiger partial charge in [-0.15, -0.1) is 0 Å². The van der Waals surface area contributed by atoms with Crippen molar-refractivity contribution >= 4 is 17.9 Å². The standard InChI is InChI=1S/C28H50O9/c1-5-6-7-8-9-10-11-12-13-14-15-16-17-18-19-33-28-25(32)27(36-23(4)31)26(35-22(3)30)24(37-28)20-34-21(2)29/h24-28,32H,5-20H2,1-4H3/t24-,25-,26+,27-,28+/m1/s1. The van der Waals surface area contributed by atoms with E-state index in [-0.39, 0.29) is 6.61 Å². The summed E-state index contributed by atoms with van der Waals surface area (Å²) in [4.78, 5) is 34.5. The molecule has 1 aliphatic rings. The van der Waals surface area contributed by atoms with E-state index in [4.69, 9.17) is 23.7 Å². The smallest absolute Gasteiger partial charge is 0.303 e. The van der Waals surface area contributed by atoms with Crippen molar-refractivity contribution in [2.75, 3.05) is 13.2 Å². The molecule has 0 radical (unpaired) electrons. The molecule has 0 spiro atoms. The minimum absolute atomic E-state index is 0.240. The Balaban J connectivity index is 2.34. The lowest BCUT2D eigenvalue weighted by Crippen LogP contribution is -2.61. The average molecular weight is 531 g/mol. The fraction of sp³-hybridized carbons (Fsp3) is 0.893. The van der Waals surface area contributed by atoms with Crippen LogP contribution in [0.25, 0.3) is 0 Å². The van der Waals surface area contributed by atoms with Gasteiger partial charge in [0.15, 0.2) is 18.5 Å². The summed E-state index contributed by atoms with van der Waals surface area (Å²) in [5.74, 6) is -1.84. The van der Waals surface area contributed by atoms with Gasteiger partial charge in [-0.25, -0.2) is 0 Å². The molecule has 1 aliphatic heterocycles. The third-order valence-corrected chi connectivity index (χ3v) is 6.45.